The Hall–Kier alpha value is -0.0500. The lowest BCUT2D eigenvalue weighted by Gasteiger charge is -1.77. The molecule has 2 nitrogen and oxygen atoms in total. The minimum atomic E-state index is -0.0994. The van der Waals surface area contributed by atoms with Gasteiger partial charge in [-0.1, -0.05) is 7.82 Å². The van der Waals surface area contributed by atoms with Crippen LogP contribution in [-0.2, 0) is 0 Å². The molecule has 0 aromatic carbocycles. The van der Waals surface area contributed by atoms with Crippen molar-refractivity contribution in [1.82, 2.24) is 3.34 Å². The molecule has 0 saturated carbocycles. The van der Waals surface area contributed by atoms with Gasteiger partial charge in [0.15, 0.2) is 0 Å². The van der Waals surface area contributed by atoms with E-state index in [4.69, 9.17) is 5.26 Å². The molecule has 0 aliphatic heterocycles. The van der Waals surface area contributed by atoms with E-state index in [2.05, 4.69) is 0 Å². The van der Waals surface area contributed by atoms with Gasteiger partial charge in [-0.15, -0.1) is 0 Å². The number of nitriles is 1. The lowest BCUT2D eigenvalue weighted by atomic mass is 11.5. The number of nitrogens with zero attached hydrogens (tertiary/aromatic N) is 2. The largest absolute Gasteiger partial charge is 0.220 e. The van der Waals surface area contributed by atoms with Crippen LogP contribution in [0.1, 0.15) is 0 Å². The average Bonchev–Trinajstić information content (AvgIpc) is 1.38. The molecule has 0 unspecified atom stereocenters. The Labute approximate surface area is 42.6 Å². The summed E-state index contributed by atoms with van der Waals surface area (Å²) in [5, 5.41) is 7.44. The molecular weight excluding hydrogens is 186 g/mol. The first-order chi connectivity index (χ1) is 2.27. The van der Waals surface area contributed by atoms with Crippen LogP contribution in [0.15, 0.2) is 0 Å². The minimum Gasteiger partial charge on any atom is -0.169 e. The zero-order valence-corrected chi connectivity index (χ0v) is 4.31. The van der Waals surface area contributed by atoms with Crippen LogP contribution < -0.4 is 0 Å². The summed E-state index contributed by atoms with van der Waals surface area (Å²) in [6.45, 7) is 0. The SMILES string of the molecule is N#CN(F)I. The Morgan fingerprint density at radius 1 is 2.00 bits per heavy atom. The molecule has 0 spiro atoms. The third-order valence-corrected chi connectivity index (χ3v) is 0.291. The molecule has 0 atom stereocenters. The lowest BCUT2D eigenvalue weighted by molar-refractivity contribution is 0.273. The molecule has 0 amide bonds. The van der Waals surface area contributed by atoms with Crippen LogP contribution in [0.5, 0.6) is 0 Å². The number of hydrogen-bond acceptors (Lipinski definition) is 2. The van der Waals surface area contributed by atoms with Gasteiger partial charge in [-0.3, -0.25) is 0 Å². The average molecular weight is 186 g/mol. The Kier molecular flexibility index (Phi) is 2.18. The Morgan fingerprint density at radius 3 is 2.20 bits per heavy atom. The predicted molar refractivity (Wildman–Crippen MR) is 22.6 cm³/mol. The number of halogens is 2. The van der Waals surface area contributed by atoms with Crippen molar-refractivity contribution >= 4 is 22.9 Å². The van der Waals surface area contributed by atoms with E-state index in [9.17, 15) is 4.48 Å². The molecule has 0 aromatic rings. The Morgan fingerprint density at radius 2 is 2.20 bits per heavy atom. The Balaban J connectivity index is 2.94. The quantitative estimate of drug-likeness (QED) is 0.244. The molecular formula is CFIN2. The van der Waals surface area contributed by atoms with Gasteiger partial charge in [0.1, 0.15) is 22.9 Å². The second kappa shape index (κ2) is 2.20. The summed E-state index contributed by atoms with van der Waals surface area (Å²) in [5.74, 6) is 0. The van der Waals surface area contributed by atoms with E-state index in [1.54, 1.807) is 0 Å². The van der Waals surface area contributed by atoms with Gasteiger partial charge in [0.05, 0.1) is 0 Å². The molecule has 4 heteroatoms. The van der Waals surface area contributed by atoms with Gasteiger partial charge in [-0.25, -0.2) is 0 Å². The highest BCUT2D eigenvalue weighted by molar-refractivity contribution is 14.1. The molecule has 0 fully saturated rings. The second-order valence-corrected chi connectivity index (χ2v) is 1.18. The van der Waals surface area contributed by atoms with Gasteiger partial charge in [0.2, 0.25) is 6.19 Å². The maximum Gasteiger partial charge on any atom is 0.220 e. The number of hydrogen-bond donors (Lipinski definition) is 0. The smallest absolute Gasteiger partial charge is 0.169 e. The number of rotatable bonds is 0. The van der Waals surface area contributed by atoms with E-state index in [0.717, 1.165) is 0 Å². The molecule has 0 aliphatic carbocycles. The van der Waals surface area contributed by atoms with Crippen LogP contribution in [-0.4, -0.2) is 3.34 Å². The highest BCUT2D eigenvalue weighted by Gasteiger charge is 1.78. The molecule has 28 valence electrons. The topological polar surface area (TPSA) is 27.0 Å². The molecule has 0 saturated heterocycles. The summed E-state index contributed by atoms with van der Waals surface area (Å²) in [7, 11) is 0. The van der Waals surface area contributed by atoms with Gasteiger partial charge in [0.25, 0.3) is 0 Å². The lowest BCUT2D eigenvalue weighted by Crippen LogP contribution is -1.78. The second-order valence-electron chi connectivity index (χ2n) is 0.333. The van der Waals surface area contributed by atoms with E-state index in [-0.39, 0.29) is 3.34 Å². The van der Waals surface area contributed by atoms with Crippen LogP contribution in [0, 0.1) is 11.5 Å². The standard InChI is InChI=1S/CFIN2/c2-5(3)1-4. The predicted octanol–water partition coefficient (Wildman–Crippen LogP) is 1.00. The summed E-state index contributed by atoms with van der Waals surface area (Å²) in [6.07, 6.45) is 1.18. The van der Waals surface area contributed by atoms with Gasteiger partial charge >= 0.3 is 0 Å². The van der Waals surface area contributed by atoms with Gasteiger partial charge < -0.3 is 0 Å². The van der Waals surface area contributed by atoms with E-state index in [1.165, 1.54) is 29.1 Å². The van der Waals surface area contributed by atoms with E-state index < -0.39 is 0 Å². The molecule has 0 radical (unpaired) electrons. The first kappa shape index (κ1) is 4.95. The van der Waals surface area contributed by atoms with Gasteiger partial charge in [0, 0.05) is 0 Å². The van der Waals surface area contributed by atoms with Gasteiger partial charge in [-0.05, 0) is 0 Å². The molecule has 0 heterocycles. The third kappa shape index (κ3) is 3.95. The highest BCUT2D eigenvalue weighted by atomic mass is 127. The zero-order chi connectivity index (χ0) is 4.28. The first-order valence-corrected chi connectivity index (χ1v) is 1.75. The summed E-state index contributed by atoms with van der Waals surface area (Å²) >= 11 is 1.21. The maximum atomic E-state index is 10.9. The zero-order valence-electron chi connectivity index (χ0n) is 2.15. The summed E-state index contributed by atoms with van der Waals surface area (Å²) in [5.41, 5.74) is 0. The van der Waals surface area contributed by atoms with Crippen molar-refractivity contribution in [3.63, 3.8) is 0 Å². The van der Waals surface area contributed by atoms with Crippen LogP contribution in [0.4, 0.5) is 4.48 Å². The molecule has 0 aliphatic rings. The fourth-order valence-corrected chi connectivity index (χ4v) is 0. The van der Waals surface area contributed by atoms with Gasteiger partial charge in [-0.2, -0.15) is 5.26 Å². The van der Waals surface area contributed by atoms with Crippen LogP contribution in [0.3, 0.4) is 0 Å². The van der Waals surface area contributed by atoms with E-state index in [0.29, 0.717) is 0 Å². The van der Waals surface area contributed by atoms with Crippen molar-refractivity contribution in [3.05, 3.63) is 0 Å². The fraction of sp³-hybridized carbons (Fsp3) is 0. The summed E-state index contributed by atoms with van der Waals surface area (Å²) in [4.78, 5) is 0. The van der Waals surface area contributed by atoms with Crippen molar-refractivity contribution < 1.29 is 4.48 Å². The van der Waals surface area contributed by atoms with Crippen molar-refractivity contribution in [2.45, 2.75) is 0 Å². The third-order valence-electron chi connectivity index (χ3n) is 0.0756. The van der Waals surface area contributed by atoms with Crippen LogP contribution in [0.25, 0.3) is 0 Å². The van der Waals surface area contributed by atoms with Crippen LogP contribution in [0.2, 0.25) is 0 Å². The monoisotopic (exact) mass is 186 g/mol. The Bertz CT molecular complexity index is 55.2. The summed E-state index contributed by atoms with van der Waals surface area (Å²) < 4.78 is 10.8. The highest BCUT2D eigenvalue weighted by Crippen LogP contribution is 1.91. The molecule has 0 aromatic heterocycles. The first-order valence-electron chi connectivity index (χ1n) is 0.785. The van der Waals surface area contributed by atoms with Crippen LogP contribution >= 0.6 is 22.9 Å². The maximum absolute atomic E-state index is 10.9. The van der Waals surface area contributed by atoms with Crippen molar-refractivity contribution in [2.24, 2.45) is 0 Å². The van der Waals surface area contributed by atoms with E-state index >= 15 is 0 Å². The normalized spacial score (nSPS) is 5.80. The summed E-state index contributed by atoms with van der Waals surface area (Å²) in [6, 6.07) is 0. The molecule has 0 rings (SSSR count). The molecule has 0 bridgehead atoms. The fourth-order valence-electron chi connectivity index (χ4n) is 0. The van der Waals surface area contributed by atoms with Crippen molar-refractivity contribution in [3.8, 4) is 6.19 Å². The van der Waals surface area contributed by atoms with E-state index in [1.807, 2.05) is 0 Å². The minimum absolute atomic E-state index is 0.0994. The molecule has 0 N–H and O–H groups in total. The van der Waals surface area contributed by atoms with Crippen molar-refractivity contribution in [1.29, 1.82) is 5.26 Å². The molecule has 5 heavy (non-hydrogen) atoms. The van der Waals surface area contributed by atoms with Crippen molar-refractivity contribution in [2.75, 3.05) is 0 Å².